The lowest BCUT2D eigenvalue weighted by atomic mass is 9.87. The molecule has 0 aliphatic heterocycles. The Kier molecular flexibility index (Phi) is 10.3. The van der Waals surface area contributed by atoms with E-state index in [1.807, 2.05) is 22.6 Å². The summed E-state index contributed by atoms with van der Waals surface area (Å²) in [5.41, 5.74) is 0.772. The maximum atomic E-state index is 13.2. The third kappa shape index (κ3) is 7.07. The third-order valence-electron chi connectivity index (χ3n) is 6.29. The molecule has 0 bridgehead atoms. The van der Waals surface area contributed by atoms with E-state index in [4.69, 9.17) is 14.6 Å². The van der Waals surface area contributed by atoms with Gasteiger partial charge < -0.3 is 29.9 Å². The molecule has 2 aliphatic rings. The van der Waals surface area contributed by atoms with E-state index in [0.29, 0.717) is 51.4 Å². The highest BCUT2D eigenvalue weighted by Gasteiger charge is 2.42. The Balaban J connectivity index is 1.97. The summed E-state index contributed by atoms with van der Waals surface area (Å²) < 4.78 is 12.2. The number of aliphatic hydroxyl groups is 2. The van der Waals surface area contributed by atoms with Crippen molar-refractivity contribution in [3.8, 4) is 11.5 Å². The van der Waals surface area contributed by atoms with Gasteiger partial charge in [-0.1, -0.05) is 6.08 Å². The average molecular weight is 612 g/mol. The van der Waals surface area contributed by atoms with Gasteiger partial charge in [-0.15, -0.1) is 6.58 Å². The van der Waals surface area contributed by atoms with E-state index in [2.05, 4.69) is 11.9 Å². The summed E-state index contributed by atoms with van der Waals surface area (Å²) in [6.45, 7) is 4.07. The summed E-state index contributed by atoms with van der Waals surface area (Å²) in [4.78, 5) is 39.0. The van der Waals surface area contributed by atoms with Gasteiger partial charge in [-0.25, -0.2) is 0 Å². The van der Waals surface area contributed by atoms with Crippen LogP contribution in [0.4, 0.5) is 0 Å². The molecule has 1 aromatic rings. The fourth-order valence-electron chi connectivity index (χ4n) is 4.21. The van der Waals surface area contributed by atoms with Crippen molar-refractivity contribution in [2.75, 3.05) is 26.8 Å². The minimum atomic E-state index is -1.11. The van der Waals surface area contributed by atoms with Crippen molar-refractivity contribution in [2.24, 2.45) is 5.92 Å². The zero-order valence-electron chi connectivity index (χ0n) is 20.3. The summed E-state index contributed by atoms with van der Waals surface area (Å²) in [6.07, 6.45) is 4.84. The Hall–Kier alpha value is -2.44. The van der Waals surface area contributed by atoms with Crippen LogP contribution in [0.25, 0.3) is 0 Å². The van der Waals surface area contributed by atoms with Crippen molar-refractivity contribution in [1.82, 2.24) is 10.2 Å². The van der Waals surface area contributed by atoms with Crippen LogP contribution in [0, 0.1) is 9.49 Å². The molecule has 0 heterocycles. The van der Waals surface area contributed by atoms with E-state index in [1.54, 1.807) is 23.1 Å². The van der Waals surface area contributed by atoms with Crippen LogP contribution in [-0.2, 0) is 9.59 Å². The van der Waals surface area contributed by atoms with Crippen molar-refractivity contribution >= 4 is 40.7 Å². The van der Waals surface area contributed by atoms with E-state index in [1.165, 1.54) is 13.2 Å². The van der Waals surface area contributed by atoms with Crippen LogP contribution in [0.5, 0.6) is 11.5 Å². The molecular formula is C26H33IN2O7. The van der Waals surface area contributed by atoms with Gasteiger partial charge in [0, 0.05) is 37.1 Å². The van der Waals surface area contributed by atoms with Gasteiger partial charge in [-0.05, 0) is 66.0 Å². The van der Waals surface area contributed by atoms with Crippen LogP contribution < -0.4 is 14.8 Å². The molecule has 3 atom stereocenters. The first-order chi connectivity index (χ1) is 17.3. The molecule has 10 heteroatoms. The molecule has 1 aromatic carbocycles. The number of ether oxygens (including phenoxy) is 2. The van der Waals surface area contributed by atoms with Crippen molar-refractivity contribution in [2.45, 2.75) is 50.4 Å². The second-order valence-electron chi connectivity index (χ2n) is 8.98. The molecule has 0 aromatic heterocycles. The highest BCUT2D eigenvalue weighted by atomic mass is 127. The van der Waals surface area contributed by atoms with Gasteiger partial charge in [0.2, 0.25) is 11.8 Å². The van der Waals surface area contributed by atoms with E-state index in [0.717, 1.165) is 12.8 Å². The Morgan fingerprint density at radius 1 is 1.33 bits per heavy atom. The number of carbonyl (C=O) groups excluding carboxylic acids is 3. The number of amides is 2. The van der Waals surface area contributed by atoms with Crippen molar-refractivity contribution in [3.05, 3.63) is 45.6 Å². The number of allylic oxidation sites excluding steroid dienone is 1. The van der Waals surface area contributed by atoms with Crippen LogP contribution in [0.1, 0.15) is 42.5 Å². The molecule has 1 fully saturated rings. The normalized spacial score (nSPS) is 21.2. The Bertz CT molecular complexity index is 1010. The second-order valence-corrected chi connectivity index (χ2v) is 10.1. The van der Waals surface area contributed by atoms with Crippen molar-refractivity contribution in [1.29, 1.82) is 0 Å². The number of hydrogen-bond donors (Lipinski definition) is 3. The van der Waals surface area contributed by atoms with Crippen LogP contribution in [0.2, 0.25) is 0 Å². The number of carbonyl (C=O) groups is 3. The zero-order chi connectivity index (χ0) is 26.2. The van der Waals surface area contributed by atoms with Crippen LogP contribution in [-0.4, -0.2) is 78.3 Å². The molecule has 3 N–H and O–H groups in total. The Morgan fingerprint density at radius 3 is 2.69 bits per heavy atom. The number of hydrogen-bond acceptors (Lipinski definition) is 7. The standard InChI is InChI=1S/C26H33IN2O7/c1-3-4-5-23(32)29(14-16-6-7-16)20-12-18(26(34)28-8-9-30)13-21(24(20)33)36-25-19(27)10-17(15-31)11-22(25)35-2/h3,10-11,13,15-16,20-21,24,30,33H,1,4-9,12,14H2,2H3,(H,28,34)/t20-,21+,24+/m1/s1. The topological polar surface area (TPSA) is 125 Å². The van der Waals surface area contributed by atoms with E-state index >= 15 is 0 Å². The largest absolute Gasteiger partial charge is 0.493 e. The lowest BCUT2D eigenvalue weighted by molar-refractivity contribution is -0.138. The summed E-state index contributed by atoms with van der Waals surface area (Å²) in [5, 5.41) is 23.2. The second kappa shape index (κ2) is 13.2. The van der Waals surface area contributed by atoms with Crippen LogP contribution in [0.3, 0.4) is 0 Å². The van der Waals surface area contributed by atoms with Gasteiger partial charge in [0.15, 0.2) is 11.5 Å². The lowest BCUT2D eigenvalue weighted by Gasteiger charge is -2.41. The number of rotatable bonds is 13. The molecule has 36 heavy (non-hydrogen) atoms. The number of halogens is 1. The summed E-state index contributed by atoms with van der Waals surface area (Å²) in [5.74, 6) is 0.515. The van der Waals surface area contributed by atoms with E-state index < -0.39 is 24.2 Å². The maximum Gasteiger partial charge on any atom is 0.247 e. The number of benzene rings is 1. The molecule has 0 unspecified atom stereocenters. The first-order valence-electron chi connectivity index (χ1n) is 12.0. The predicted octanol–water partition coefficient (Wildman–Crippen LogP) is 2.23. The van der Waals surface area contributed by atoms with Crippen LogP contribution >= 0.6 is 22.6 Å². The molecular weight excluding hydrogens is 579 g/mol. The van der Waals surface area contributed by atoms with Crippen molar-refractivity contribution in [3.63, 3.8) is 0 Å². The number of methoxy groups -OCH3 is 1. The number of aldehydes is 1. The Morgan fingerprint density at radius 2 is 2.08 bits per heavy atom. The minimum absolute atomic E-state index is 0.0812. The SMILES string of the molecule is C=CCCC(=O)N(CC1CC1)[C@@H]1CC(C(=O)NCCO)=C[C@H](Oc2c(I)cc(C=O)cc2OC)[C@H]1O. The molecule has 0 saturated heterocycles. The number of nitrogens with one attached hydrogen (secondary N) is 1. The van der Waals surface area contributed by atoms with Gasteiger partial charge in [0.25, 0.3) is 0 Å². The highest BCUT2D eigenvalue weighted by Crippen LogP contribution is 2.38. The summed E-state index contributed by atoms with van der Waals surface area (Å²) in [7, 11) is 1.45. The summed E-state index contributed by atoms with van der Waals surface area (Å²) >= 11 is 2.02. The average Bonchev–Trinajstić information content (AvgIpc) is 3.70. The van der Waals surface area contributed by atoms with Crippen LogP contribution in [0.15, 0.2) is 36.4 Å². The molecule has 0 radical (unpaired) electrons. The number of aliphatic hydroxyl groups excluding tert-OH is 2. The zero-order valence-corrected chi connectivity index (χ0v) is 22.5. The molecule has 9 nitrogen and oxygen atoms in total. The van der Waals surface area contributed by atoms with E-state index in [-0.39, 0.29) is 31.9 Å². The van der Waals surface area contributed by atoms with Crippen molar-refractivity contribution < 1.29 is 34.1 Å². The van der Waals surface area contributed by atoms with Gasteiger partial charge in [0.1, 0.15) is 18.5 Å². The fourth-order valence-corrected chi connectivity index (χ4v) is 4.96. The maximum absolute atomic E-state index is 13.2. The molecule has 3 rings (SSSR count). The quantitative estimate of drug-likeness (QED) is 0.177. The van der Waals surface area contributed by atoms with E-state index in [9.17, 15) is 19.5 Å². The fraction of sp³-hybridized carbons (Fsp3) is 0.500. The first-order valence-corrected chi connectivity index (χ1v) is 13.1. The predicted molar refractivity (Wildman–Crippen MR) is 142 cm³/mol. The lowest BCUT2D eigenvalue weighted by Crippen LogP contribution is -2.55. The Labute approximate surface area is 224 Å². The molecule has 1 saturated carbocycles. The number of nitrogens with zero attached hydrogens (tertiary/aromatic N) is 1. The minimum Gasteiger partial charge on any atom is -0.493 e. The molecule has 2 amide bonds. The smallest absolute Gasteiger partial charge is 0.247 e. The summed E-state index contributed by atoms with van der Waals surface area (Å²) in [6, 6.07) is 2.49. The molecule has 196 valence electrons. The van der Waals surface area contributed by atoms with Gasteiger partial charge in [-0.2, -0.15) is 0 Å². The third-order valence-corrected chi connectivity index (χ3v) is 7.09. The van der Waals surface area contributed by atoms with Gasteiger partial charge >= 0.3 is 0 Å². The first kappa shape index (κ1) is 28.1. The van der Waals surface area contributed by atoms with Gasteiger partial charge in [0.05, 0.1) is 23.3 Å². The van der Waals surface area contributed by atoms with Gasteiger partial charge in [-0.3, -0.25) is 14.4 Å². The molecule has 0 spiro atoms. The highest BCUT2D eigenvalue weighted by molar-refractivity contribution is 14.1. The molecule has 2 aliphatic carbocycles. The monoisotopic (exact) mass is 612 g/mol.